The molecule has 0 unspecified atom stereocenters. The predicted molar refractivity (Wildman–Crippen MR) is 112 cm³/mol. The summed E-state index contributed by atoms with van der Waals surface area (Å²) >= 11 is 3.39. The van der Waals surface area contributed by atoms with Crippen LogP contribution in [-0.4, -0.2) is 30.8 Å². The van der Waals surface area contributed by atoms with Crippen LogP contribution in [0.5, 0.6) is 0 Å². The molecule has 0 spiro atoms. The smallest absolute Gasteiger partial charge is 0.185 e. The lowest BCUT2D eigenvalue weighted by Gasteiger charge is -2.13. The van der Waals surface area contributed by atoms with Crippen LogP contribution in [0.2, 0.25) is 0 Å². The number of carbonyl (C=O) groups is 1. The molecule has 1 aromatic rings. The van der Waals surface area contributed by atoms with E-state index in [4.69, 9.17) is 0 Å². The predicted octanol–water partition coefficient (Wildman–Crippen LogP) is 6.20. The highest BCUT2D eigenvalue weighted by molar-refractivity contribution is 9.10. The highest BCUT2D eigenvalue weighted by Gasteiger charge is 2.03. The lowest BCUT2D eigenvalue weighted by molar-refractivity contribution is 0.104. The van der Waals surface area contributed by atoms with Crippen LogP contribution in [0.25, 0.3) is 0 Å². The number of halogens is 1. The van der Waals surface area contributed by atoms with Crippen LogP contribution in [0.4, 0.5) is 0 Å². The Balaban J connectivity index is 2.36. The SMILES string of the molecule is C=CCN(C)CCCC(C)=CCCC(C)=CC(=O)c1ccc(Br)cc1. The third kappa shape index (κ3) is 9.57. The molecular weight excluding hydrogens is 374 g/mol. The molecule has 0 bridgehead atoms. The normalized spacial score (nSPS) is 12.5. The Hall–Kier alpha value is -1.45. The first-order valence-corrected chi connectivity index (χ1v) is 9.64. The quantitative estimate of drug-likeness (QED) is 0.249. The van der Waals surface area contributed by atoms with E-state index < -0.39 is 0 Å². The van der Waals surface area contributed by atoms with E-state index in [0.717, 1.165) is 48.0 Å². The van der Waals surface area contributed by atoms with E-state index in [9.17, 15) is 4.79 Å². The summed E-state index contributed by atoms with van der Waals surface area (Å²) in [5.74, 6) is 0.0796. The fourth-order valence-corrected chi connectivity index (χ4v) is 2.85. The Morgan fingerprint density at radius 3 is 2.48 bits per heavy atom. The molecule has 0 radical (unpaired) electrons. The Morgan fingerprint density at radius 1 is 1.16 bits per heavy atom. The zero-order valence-electron chi connectivity index (χ0n) is 15.7. The molecule has 1 aromatic carbocycles. The van der Waals surface area contributed by atoms with Crippen LogP contribution < -0.4 is 0 Å². The number of ketones is 1. The fourth-order valence-electron chi connectivity index (χ4n) is 2.58. The standard InChI is InChI=1S/C22H30BrNO/c1-5-15-24(4)16-7-10-18(2)8-6-9-19(3)17-22(25)20-11-13-21(23)14-12-20/h5,8,11-14,17H,1,6-7,9-10,15-16H2,2-4H3. The van der Waals surface area contributed by atoms with Gasteiger partial charge in [-0.2, -0.15) is 0 Å². The third-order valence-corrected chi connectivity index (χ3v) is 4.62. The summed E-state index contributed by atoms with van der Waals surface area (Å²) in [6.45, 7) is 10.0. The minimum atomic E-state index is 0.0796. The van der Waals surface area contributed by atoms with Crippen LogP contribution in [0.15, 0.2) is 64.7 Å². The Bertz CT molecular complexity index is 613. The summed E-state index contributed by atoms with van der Waals surface area (Å²) in [6.07, 6.45) is 10.2. The van der Waals surface area contributed by atoms with Gasteiger partial charge in [0, 0.05) is 16.6 Å². The minimum absolute atomic E-state index is 0.0796. The van der Waals surface area contributed by atoms with E-state index in [2.05, 4.69) is 47.5 Å². The van der Waals surface area contributed by atoms with Gasteiger partial charge in [-0.25, -0.2) is 0 Å². The maximum absolute atomic E-state index is 12.2. The van der Waals surface area contributed by atoms with Gasteiger partial charge in [0.1, 0.15) is 0 Å². The second-order valence-corrected chi connectivity index (χ2v) is 7.52. The molecule has 0 saturated carbocycles. The van der Waals surface area contributed by atoms with Gasteiger partial charge < -0.3 is 4.90 Å². The van der Waals surface area contributed by atoms with Gasteiger partial charge in [-0.1, -0.05) is 39.2 Å². The number of allylic oxidation sites excluding steroid dienone is 4. The average Bonchev–Trinajstić information content (AvgIpc) is 2.55. The highest BCUT2D eigenvalue weighted by atomic mass is 79.9. The van der Waals surface area contributed by atoms with Crippen molar-refractivity contribution in [2.45, 2.75) is 39.5 Å². The van der Waals surface area contributed by atoms with Crippen molar-refractivity contribution in [1.29, 1.82) is 0 Å². The van der Waals surface area contributed by atoms with Gasteiger partial charge in [-0.3, -0.25) is 4.79 Å². The number of hydrogen-bond donors (Lipinski definition) is 0. The third-order valence-electron chi connectivity index (χ3n) is 4.09. The zero-order chi connectivity index (χ0) is 18.7. The number of hydrogen-bond acceptors (Lipinski definition) is 2. The summed E-state index contributed by atoms with van der Waals surface area (Å²) in [4.78, 5) is 14.5. The van der Waals surface area contributed by atoms with Gasteiger partial charge in [0.05, 0.1) is 0 Å². The number of benzene rings is 1. The lowest BCUT2D eigenvalue weighted by Crippen LogP contribution is -2.19. The molecule has 0 N–H and O–H groups in total. The molecule has 0 saturated heterocycles. The second-order valence-electron chi connectivity index (χ2n) is 6.61. The molecule has 0 aliphatic heterocycles. The number of likely N-dealkylation sites (N-methyl/N-ethyl adjacent to an activating group) is 1. The largest absolute Gasteiger partial charge is 0.303 e. The van der Waals surface area contributed by atoms with E-state index in [-0.39, 0.29) is 5.78 Å². The first-order chi connectivity index (χ1) is 11.9. The summed E-state index contributed by atoms with van der Waals surface area (Å²) in [7, 11) is 2.12. The van der Waals surface area contributed by atoms with E-state index in [1.165, 1.54) is 12.0 Å². The zero-order valence-corrected chi connectivity index (χ0v) is 17.3. The molecule has 0 aliphatic carbocycles. The van der Waals surface area contributed by atoms with E-state index in [1.54, 1.807) is 6.08 Å². The molecular formula is C22H30BrNO. The van der Waals surface area contributed by atoms with Gasteiger partial charge in [0.15, 0.2) is 5.78 Å². The number of nitrogens with zero attached hydrogens (tertiary/aromatic N) is 1. The van der Waals surface area contributed by atoms with Crippen LogP contribution in [0.1, 0.15) is 49.9 Å². The molecule has 1 rings (SSSR count). The van der Waals surface area contributed by atoms with Crippen molar-refractivity contribution in [2.24, 2.45) is 0 Å². The Morgan fingerprint density at radius 2 is 1.84 bits per heavy atom. The van der Waals surface area contributed by atoms with Crippen LogP contribution in [0, 0.1) is 0 Å². The van der Waals surface area contributed by atoms with Gasteiger partial charge >= 0.3 is 0 Å². The summed E-state index contributed by atoms with van der Waals surface area (Å²) in [5, 5.41) is 0. The van der Waals surface area contributed by atoms with Crippen LogP contribution >= 0.6 is 15.9 Å². The minimum Gasteiger partial charge on any atom is -0.303 e. The molecule has 25 heavy (non-hydrogen) atoms. The molecule has 3 heteroatoms. The molecule has 0 atom stereocenters. The molecule has 136 valence electrons. The summed E-state index contributed by atoms with van der Waals surface area (Å²) < 4.78 is 0.987. The van der Waals surface area contributed by atoms with Crippen molar-refractivity contribution in [2.75, 3.05) is 20.1 Å². The summed E-state index contributed by atoms with van der Waals surface area (Å²) in [5.41, 5.74) is 3.29. The van der Waals surface area contributed by atoms with Crippen molar-refractivity contribution in [3.05, 3.63) is 70.3 Å². The van der Waals surface area contributed by atoms with Crippen molar-refractivity contribution in [3.8, 4) is 0 Å². The first-order valence-electron chi connectivity index (χ1n) is 8.84. The molecule has 0 amide bonds. The lowest BCUT2D eigenvalue weighted by atomic mass is 10.0. The van der Waals surface area contributed by atoms with Crippen LogP contribution in [0.3, 0.4) is 0 Å². The Kier molecular flexibility index (Phi) is 10.4. The maximum Gasteiger partial charge on any atom is 0.185 e. The highest BCUT2D eigenvalue weighted by Crippen LogP contribution is 2.14. The van der Waals surface area contributed by atoms with Gasteiger partial charge in [0.25, 0.3) is 0 Å². The van der Waals surface area contributed by atoms with E-state index in [0.29, 0.717) is 0 Å². The van der Waals surface area contributed by atoms with Gasteiger partial charge in [0.2, 0.25) is 0 Å². The molecule has 2 nitrogen and oxygen atoms in total. The molecule has 0 heterocycles. The van der Waals surface area contributed by atoms with Crippen LogP contribution in [-0.2, 0) is 0 Å². The topological polar surface area (TPSA) is 20.3 Å². The van der Waals surface area contributed by atoms with Crippen molar-refractivity contribution >= 4 is 21.7 Å². The Labute approximate surface area is 161 Å². The number of carbonyl (C=O) groups excluding carboxylic acids is 1. The van der Waals surface area contributed by atoms with Crippen molar-refractivity contribution < 1.29 is 4.79 Å². The van der Waals surface area contributed by atoms with Crippen molar-refractivity contribution in [1.82, 2.24) is 4.90 Å². The van der Waals surface area contributed by atoms with Gasteiger partial charge in [-0.15, -0.1) is 6.58 Å². The molecule has 0 aliphatic rings. The van der Waals surface area contributed by atoms with E-state index in [1.807, 2.05) is 37.3 Å². The first kappa shape index (κ1) is 21.6. The summed E-state index contributed by atoms with van der Waals surface area (Å²) in [6, 6.07) is 7.50. The molecule has 0 fully saturated rings. The fraction of sp³-hybridized carbons (Fsp3) is 0.409. The van der Waals surface area contributed by atoms with Gasteiger partial charge in [-0.05, 0) is 83.5 Å². The average molecular weight is 404 g/mol. The maximum atomic E-state index is 12.2. The second kappa shape index (κ2) is 12.0. The van der Waals surface area contributed by atoms with Crippen molar-refractivity contribution in [3.63, 3.8) is 0 Å². The number of rotatable bonds is 11. The van der Waals surface area contributed by atoms with E-state index >= 15 is 0 Å². The monoisotopic (exact) mass is 403 g/mol. The molecule has 0 aromatic heterocycles.